The Kier molecular flexibility index (Phi) is 6.83. The number of nitrogens with two attached hydrogens (primary N) is 1. The van der Waals surface area contributed by atoms with E-state index >= 15 is 0 Å². The molecule has 2 N–H and O–H groups in total. The largest absolute Gasteiger partial charge is 0.364 e. The zero-order valence-electron chi connectivity index (χ0n) is 5.43. The van der Waals surface area contributed by atoms with E-state index in [4.69, 9.17) is 5.73 Å². The van der Waals surface area contributed by atoms with Crippen LogP contribution in [-0.2, 0) is 0 Å². The van der Waals surface area contributed by atoms with Crippen LogP contribution in [-0.4, -0.2) is 16.1 Å². The Labute approximate surface area is 76.0 Å². The fraction of sp³-hybridized carbons (Fsp3) is 0. The molecule has 0 radical (unpaired) electrons. The van der Waals surface area contributed by atoms with E-state index < -0.39 is 5.91 Å². The van der Waals surface area contributed by atoms with Crippen LogP contribution in [0, 0.1) is 0 Å². The molecule has 0 aliphatic carbocycles. The van der Waals surface area contributed by atoms with Gasteiger partial charge in [-0.1, -0.05) is 0 Å². The molecule has 0 fully saturated rings. The molecule has 6 heteroatoms. The lowest BCUT2D eigenvalue weighted by Gasteiger charge is -1.87. The summed E-state index contributed by atoms with van der Waals surface area (Å²) in [5.41, 5.74) is 5.06. The SMILES string of the molecule is Cl.Cl.NC(=O)c1cccnn1. The van der Waals surface area contributed by atoms with Crippen LogP contribution in [0.25, 0.3) is 0 Å². The first-order valence-electron chi connectivity index (χ1n) is 2.38. The molecule has 0 saturated carbocycles. The van der Waals surface area contributed by atoms with Crippen molar-refractivity contribution >= 4 is 30.7 Å². The summed E-state index contributed by atoms with van der Waals surface area (Å²) < 4.78 is 0. The van der Waals surface area contributed by atoms with Crippen LogP contribution in [0.15, 0.2) is 18.3 Å². The predicted molar refractivity (Wildman–Crippen MR) is 45.0 cm³/mol. The second-order valence-corrected chi connectivity index (χ2v) is 1.47. The third-order valence-electron chi connectivity index (χ3n) is 0.825. The summed E-state index contributed by atoms with van der Waals surface area (Å²) in [5, 5.41) is 6.91. The molecule has 1 aromatic heterocycles. The number of carbonyl (C=O) groups excluding carboxylic acids is 1. The zero-order valence-corrected chi connectivity index (χ0v) is 7.06. The quantitative estimate of drug-likeness (QED) is 0.707. The molecule has 1 aromatic rings. The molecule has 0 unspecified atom stereocenters. The zero-order chi connectivity index (χ0) is 6.69. The fourth-order valence-corrected chi connectivity index (χ4v) is 0.433. The van der Waals surface area contributed by atoms with E-state index in [0.717, 1.165) is 0 Å². The Bertz CT molecular complexity index is 216. The molecule has 1 rings (SSSR count). The number of carbonyl (C=O) groups is 1. The van der Waals surface area contributed by atoms with E-state index in [0.29, 0.717) is 0 Å². The number of hydrogen-bond donors (Lipinski definition) is 1. The van der Waals surface area contributed by atoms with Crippen molar-refractivity contribution in [2.45, 2.75) is 0 Å². The summed E-state index contributed by atoms with van der Waals surface area (Å²) in [6.45, 7) is 0. The lowest BCUT2D eigenvalue weighted by atomic mass is 10.4. The van der Waals surface area contributed by atoms with E-state index in [1.807, 2.05) is 0 Å². The van der Waals surface area contributed by atoms with Gasteiger partial charge in [0.15, 0.2) is 5.69 Å². The summed E-state index contributed by atoms with van der Waals surface area (Å²) in [5.74, 6) is -0.553. The topological polar surface area (TPSA) is 68.9 Å². The number of aromatic nitrogens is 2. The Balaban J connectivity index is 0. The van der Waals surface area contributed by atoms with Gasteiger partial charge in [0, 0.05) is 6.20 Å². The summed E-state index contributed by atoms with van der Waals surface area (Å²) in [6.07, 6.45) is 1.48. The van der Waals surface area contributed by atoms with Crippen LogP contribution in [0.4, 0.5) is 0 Å². The Morgan fingerprint density at radius 2 is 2.09 bits per heavy atom. The Hall–Kier alpha value is -0.870. The smallest absolute Gasteiger partial charge is 0.269 e. The lowest BCUT2D eigenvalue weighted by Crippen LogP contribution is -2.12. The third kappa shape index (κ3) is 3.75. The van der Waals surface area contributed by atoms with Gasteiger partial charge < -0.3 is 5.73 Å². The van der Waals surface area contributed by atoms with Crippen molar-refractivity contribution in [3.8, 4) is 0 Å². The van der Waals surface area contributed by atoms with Crippen molar-refractivity contribution in [2.75, 3.05) is 0 Å². The standard InChI is InChI=1S/C5H5N3O.2ClH/c6-5(9)4-2-1-3-7-8-4;;/h1-3H,(H2,6,9);2*1H. The number of halogens is 2. The number of nitrogens with zero attached hydrogens (tertiary/aromatic N) is 2. The second kappa shape index (κ2) is 5.88. The molecule has 1 heterocycles. The highest BCUT2D eigenvalue weighted by atomic mass is 35.5. The van der Waals surface area contributed by atoms with Gasteiger partial charge in [-0.05, 0) is 12.1 Å². The molecule has 0 aromatic carbocycles. The van der Waals surface area contributed by atoms with Crippen molar-refractivity contribution in [3.05, 3.63) is 24.0 Å². The first-order valence-corrected chi connectivity index (χ1v) is 2.38. The monoisotopic (exact) mass is 195 g/mol. The van der Waals surface area contributed by atoms with Gasteiger partial charge in [0.25, 0.3) is 5.91 Å². The first kappa shape index (κ1) is 12.8. The highest BCUT2D eigenvalue weighted by molar-refractivity contribution is 5.90. The van der Waals surface area contributed by atoms with Gasteiger partial charge in [-0.2, -0.15) is 5.10 Å². The molecule has 4 nitrogen and oxygen atoms in total. The van der Waals surface area contributed by atoms with Gasteiger partial charge in [-0.25, -0.2) is 0 Å². The highest BCUT2D eigenvalue weighted by Crippen LogP contribution is 1.86. The van der Waals surface area contributed by atoms with E-state index in [1.165, 1.54) is 12.3 Å². The number of primary amides is 1. The van der Waals surface area contributed by atoms with Crippen molar-refractivity contribution in [3.63, 3.8) is 0 Å². The predicted octanol–water partition coefficient (Wildman–Crippen LogP) is 0.419. The van der Waals surface area contributed by atoms with Crippen molar-refractivity contribution in [1.29, 1.82) is 0 Å². The molecule has 0 aliphatic heterocycles. The Morgan fingerprint density at radius 1 is 1.45 bits per heavy atom. The summed E-state index contributed by atoms with van der Waals surface area (Å²) >= 11 is 0. The maximum atomic E-state index is 10.3. The third-order valence-corrected chi connectivity index (χ3v) is 0.825. The molecular formula is C5H7Cl2N3O. The number of amides is 1. The lowest BCUT2D eigenvalue weighted by molar-refractivity contribution is 0.0994. The van der Waals surface area contributed by atoms with Gasteiger partial charge in [0.05, 0.1) is 0 Å². The van der Waals surface area contributed by atoms with Gasteiger partial charge >= 0.3 is 0 Å². The van der Waals surface area contributed by atoms with Gasteiger partial charge in [0.1, 0.15) is 0 Å². The molecule has 0 saturated heterocycles. The van der Waals surface area contributed by atoms with Gasteiger partial charge in [-0.3, -0.25) is 4.79 Å². The average molecular weight is 196 g/mol. The molecule has 0 bridgehead atoms. The van der Waals surface area contributed by atoms with Crippen LogP contribution in [0.3, 0.4) is 0 Å². The second-order valence-electron chi connectivity index (χ2n) is 1.47. The van der Waals surface area contributed by atoms with Crippen molar-refractivity contribution in [2.24, 2.45) is 5.73 Å². The van der Waals surface area contributed by atoms with E-state index in [2.05, 4.69) is 10.2 Å². The summed E-state index contributed by atoms with van der Waals surface area (Å²) in [6, 6.07) is 3.11. The minimum Gasteiger partial charge on any atom is -0.364 e. The van der Waals surface area contributed by atoms with Gasteiger partial charge in [-0.15, -0.1) is 29.9 Å². The van der Waals surface area contributed by atoms with Crippen LogP contribution in [0.1, 0.15) is 10.5 Å². The van der Waals surface area contributed by atoms with E-state index in [9.17, 15) is 4.79 Å². The fourth-order valence-electron chi connectivity index (χ4n) is 0.433. The molecule has 62 valence electrons. The number of rotatable bonds is 1. The molecule has 0 atom stereocenters. The normalized spacial score (nSPS) is 7.27. The number of hydrogen-bond acceptors (Lipinski definition) is 3. The molecule has 11 heavy (non-hydrogen) atoms. The molecule has 0 spiro atoms. The summed E-state index contributed by atoms with van der Waals surface area (Å²) in [4.78, 5) is 10.3. The Morgan fingerprint density at radius 3 is 2.36 bits per heavy atom. The maximum Gasteiger partial charge on any atom is 0.269 e. The molecule has 1 amide bonds. The molecular weight excluding hydrogens is 189 g/mol. The average Bonchev–Trinajstić information content (AvgIpc) is 1.90. The van der Waals surface area contributed by atoms with Crippen LogP contribution >= 0.6 is 24.8 Å². The summed E-state index contributed by atoms with van der Waals surface area (Å²) in [7, 11) is 0. The van der Waals surface area contributed by atoms with E-state index in [-0.39, 0.29) is 30.5 Å². The maximum absolute atomic E-state index is 10.3. The van der Waals surface area contributed by atoms with E-state index in [1.54, 1.807) is 6.07 Å². The highest BCUT2D eigenvalue weighted by Gasteiger charge is 1.97. The van der Waals surface area contributed by atoms with Crippen molar-refractivity contribution < 1.29 is 4.79 Å². The van der Waals surface area contributed by atoms with Gasteiger partial charge in [0.2, 0.25) is 0 Å². The van der Waals surface area contributed by atoms with Crippen LogP contribution in [0.5, 0.6) is 0 Å². The minimum atomic E-state index is -0.553. The van der Waals surface area contributed by atoms with Crippen LogP contribution < -0.4 is 5.73 Å². The minimum absolute atomic E-state index is 0. The van der Waals surface area contributed by atoms with Crippen LogP contribution in [0.2, 0.25) is 0 Å². The van der Waals surface area contributed by atoms with Crippen molar-refractivity contribution in [1.82, 2.24) is 10.2 Å². The first-order chi connectivity index (χ1) is 4.30. The molecule has 0 aliphatic rings.